The monoisotopic (exact) mass is 439 g/mol. The van der Waals surface area contributed by atoms with Gasteiger partial charge in [-0.1, -0.05) is 58.4 Å². The lowest BCUT2D eigenvalue weighted by molar-refractivity contribution is -0.0496. The van der Waals surface area contributed by atoms with E-state index in [-0.39, 0.29) is 29.6 Å². The number of methoxy groups -OCH3 is 2. The Morgan fingerprint density at radius 2 is 1.67 bits per heavy atom. The number of Topliss-reactive ketones (excluding diaryl/α,β-unsaturated/α-hetero) is 1. The molecular formula is C24H38ClNO4. The highest BCUT2D eigenvalue weighted by Crippen LogP contribution is 2.56. The predicted octanol–water partition coefficient (Wildman–Crippen LogP) is 5.92. The van der Waals surface area contributed by atoms with Crippen LogP contribution in [0.2, 0.25) is 5.02 Å². The molecule has 170 valence electrons. The maximum absolute atomic E-state index is 13.4. The molecule has 1 heterocycles. The fourth-order valence-electron chi connectivity index (χ4n) is 4.25. The van der Waals surface area contributed by atoms with Crippen LogP contribution in [-0.4, -0.2) is 31.6 Å². The van der Waals surface area contributed by atoms with Crippen molar-refractivity contribution < 1.29 is 19.0 Å². The van der Waals surface area contributed by atoms with Gasteiger partial charge in [-0.2, -0.15) is 0 Å². The quantitative estimate of drug-likeness (QED) is 0.579. The Morgan fingerprint density at radius 3 is 2.13 bits per heavy atom. The molecule has 0 amide bonds. The van der Waals surface area contributed by atoms with Crippen LogP contribution in [0.3, 0.4) is 0 Å². The number of rotatable bonds is 2. The van der Waals surface area contributed by atoms with E-state index in [9.17, 15) is 4.79 Å². The molecule has 5 atom stereocenters. The number of carbonyl (C=O) groups is 1. The van der Waals surface area contributed by atoms with Gasteiger partial charge in [0.25, 0.3) is 0 Å². The number of benzene rings is 1. The third-order valence-corrected chi connectivity index (χ3v) is 6.63. The Morgan fingerprint density at radius 1 is 1.13 bits per heavy atom. The summed E-state index contributed by atoms with van der Waals surface area (Å²) in [6.45, 7) is 14.1. The number of hydrogen-bond donors (Lipinski definition) is 1. The molecule has 0 saturated heterocycles. The average Bonchev–Trinajstić information content (AvgIpc) is 3.08. The summed E-state index contributed by atoms with van der Waals surface area (Å²) < 4.78 is 17.0. The summed E-state index contributed by atoms with van der Waals surface area (Å²) >= 11 is 6.43. The maximum Gasteiger partial charge on any atom is 0.214 e. The molecule has 2 N–H and O–H groups in total. The summed E-state index contributed by atoms with van der Waals surface area (Å²) in [5.41, 5.74) is 5.70. The van der Waals surface area contributed by atoms with Crippen molar-refractivity contribution in [1.82, 2.24) is 0 Å². The molecule has 3 unspecified atom stereocenters. The number of halogens is 1. The molecule has 1 saturated carbocycles. The molecule has 1 aliphatic carbocycles. The highest BCUT2D eigenvalue weighted by molar-refractivity contribution is 6.35. The molecule has 1 aromatic rings. The molecule has 2 aliphatic rings. The molecule has 0 aromatic heterocycles. The smallest absolute Gasteiger partial charge is 0.214 e. The number of hydrogen-bond acceptors (Lipinski definition) is 5. The van der Waals surface area contributed by atoms with Crippen LogP contribution >= 0.6 is 11.6 Å². The summed E-state index contributed by atoms with van der Waals surface area (Å²) in [5.74, 6) is 1.24. The fourth-order valence-corrected chi connectivity index (χ4v) is 4.52. The van der Waals surface area contributed by atoms with E-state index in [1.165, 1.54) is 14.2 Å². The number of carbonyl (C=O) groups excluding carboxylic acids is 1. The van der Waals surface area contributed by atoms with E-state index in [1.54, 1.807) is 6.07 Å². The molecule has 1 spiro atoms. The summed E-state index contributed by atoms with van der Waals surface area (Å²) in [5, 5.41) is 0.306. The van der Waals surface area contributed by atoms with Gasteiger partial charge in [-0.15, -0.1) is 0 Å². The second-order valence-electron chi connectivity index (χ2n) is 7.64. The maximum atomic E-state index is 13.4. The number of ketones is 1. The van der Waals surface area contributed by atoms with Crippen LogP contribution in [0.4, 0.5) is 0 Å². The van der Waals surface area contributed by atoms with Crippen molar-refractivity contribution in [3.63, 3.8) is 0 Å². The molecule has 3 rings (SSSR count). The van der Waals surface area contributed by atoms with E-state index in [1.807, 2.05) is 53.7 Å². The van der Waals surface area contributed by atoms with Gasteiger partial charge in [0.15, 0.2) is 11.4 Å². The van der Waals surface area contributed by atoms with E-state index in [2.05, 4.69) is 6.92 Å². The molecule has 0 bridgehead atoms. The van der Waals surface area contributed by atoms with Crippen LogP contribution in [0.25, 0.3) is 0 Å². The van der Waals surface area contributed by atoms with Crippen molar-refractivity contribution in [1.29, 1.82) is 0 Å². The minimum Gasteiger partial charge on any atom is -0.496 e. The molecule has 1 aromatic carbocycles. The SMILES string of the molecule is CC.CC=CC.COc1cc(OC)c2c(c1Cl)O[C@@]1(C2=O)C(C)C[C@@H](N)C(C)C1C. The van der Waals surface area contributed by atoms with Gasteiger partial charge in [-0.05, 0) is 26.2 Å². The minimum atomic E-state index is -0.957. The molecule has 1 fully saturated rings. The molecular weight excluding hydrogens is 402 g/mol. The Kier molecular flexibility index (Phi) is 9.70. The van der Waals surface area contributed by atoms with Crippen molar-refractivity contribution in [2.75, 3.05) is 14.2 Å². The summed E-state index contributed by atoms with van der Waals surface area (Å²) in [6, 6.07) is 1.68. The molecule has 6 heteroatoms. The summed E-state index contributed by atoms with van der Waals surface area (Å²) in [6.07, 6.45) is 4.72. The van der Waals surface area contributed by atoms with Crippen LogP contribution in [-0.2, 0) is 0 Å². The lowest BCUT2D eigenvalue weighted by atomic mass is 9.61. The lowest BCUT2D eigenvalue weighted by Gasteiger charge is -2.48. The Hall–Kier alpha value is -1.72. The van der Waals surface area contributed by atoms with Gasteiger partial charge < -0.3 is 19.9 Å². The van der Waals surface area contributed by atoms with Crippen molar-refractivity contribution in [3.05, 3.63) is 28.8 Å². The zero-order chi connectivity index (χ0) is 23.2. The van der Waals surface area contributed by atoms with Crippen molar-refractivity contribution >= 4 is 17.4 Å². The van der Waals surface area contributed by atoms with Crippen molar-refractivity contribution in [2.24, 2.45) is 23.5 Å². The first-order valence-electron chi connectivity index (χ1n) is 10.7. The van der Waals surface area contributed by atoms with Gasteiger partial charge in [0, 0.05) is 23.9 Å². The predicted molar refractivity (Wildman–Crippen MR) is 124 cm³/mol. The molecule has 1 aliphatic heterocycles. The summed E-state index contributed by atoms with van der Waals surface area (Å²) in [7, 11) is 3.04. The standard InChI is InChI=1S/C18H24ClNO4.C4H8.C2H6/c1-8-6-11(20)9(2)10(3)18(8)17(21)14-12(22-4)7-13(23-5)15(19)16(14)24-18;1-3-4-2;1-2/h7-11H,6,20H2,1-5H3;3-4H,1-2H3;1-2H3/t8?,9?,10?,11-,18+;;/m1../s1. The van der Waals surface area contributed by atoms with Gasteiger partial charge >= 0.3 is 0 Å². The second kappa shape index (κ2) is 11.1. The van der Waals surface area contributed by atoms with Crippen LogP contribution in [0.1, 0.15) is 65.2 Å². The zero-order valence-corrected chi connectivity index (χ0v) is 20.6. The van der Waals surface area contributed by atoms with Crippen molar-refractivity contribution in [2.45, 2.75) is 66.5 Å². The summed E-state index contributed by atoms with van der Waals surface area (Å²) in [4.78, 5) is 13.4. The Bertz CT molecular complexity index is 760. The molecule has 5 nitrogen and oxygen atoms in total. The number of nitrogens with two attached hydrogens (primary N) is 1. The van der Waals surface area contributed by atoms with E-state index in [4.69, 9.17) is 31.5 Å². The molecule has 30 heavy (non-hydrogen) atoms. The normalized spacial score (nSPS) is 29.4. The first-order chi connectivity index (χ1) is 14.2. The van der Waals surface area contributed by atoms with Crippen LogP contribution in [0.5, 0.6) is 17.2 Å². The lowest BCUT2D eigenvalue weighted by Crippen LogP contribution is -2.61. The fraction of sp³-hybridized carbons (Fsp3) is 0.625. The first-order valence-corrected chi connectivity index (χ1v) is 11.1. The van der Waals surface area contributed by atoms with Gasteiger partial charge in [-0.3, -0.25) is 4.79 Å². The van der Waals surface area contributed by atoms with E-state index in [0.717, 1.165) is 6.42 Å². The van der Waals surface area contributed by atoms with Crippen LogP contribution < -0.4 is 19.9 Å². The number of allylic oxidation sites excluding steroid dienone is 2. The van der Waals surface area contributed by atoms with Crippen LogP contribution in [0.15, 0.2) is 18.2 Å². The van der Waals surface area contributed by atoms with Gasteiger partial charge in [-0.25, -0.2) is 0 Å². The second-order valence-corrected chi connectivity index (χ2v) is 8.02. The largest absolute Gasteiger partial charge is 0.496 e. The van der Waals surface area contributed by atoms with Crippen LogP contribution in [0, 0.1) is 17.8 Å². The number of ether oxygens (including phenoxy) is 3. The van der Waals surface area contributed by atoms with Gasteiger partial charge in [0.1, 0.15) is 22.1 Å². The van der Waals surface area contributed by atoms with Crippen molar-refractivity contribution in [3.8, 4) is 17.2 Å². The highest BCUT2D eigenvalue weighted by Gasteiger charge is 2.61. The van der Waals surface area contributed by atoms with E-state index in [0.29, 0.717) is 27.8 Å². The molecule has 0 radical (unpaired) electrons. The average molecular weight is 440 g/mol. The van der Waals surface area contributed by atoms with E-state index >= 15 is 0 Å². The minimum absolute atomic E-state index is 0.0228. The van der Waals surface area contributed by atoms with Gasteiger partial charge in [0.05, 0.1) is 14.2 Å². The first kappa shape index (κ1) is 26.3. The zero-order valence-electron chi connectivity index (χ0n) is 19.8. The third kappa shape index (κ3) is 4.33. The Balaban J connectivity index is 0.000000673. The number of fused-ring (bicyclic) bond motifs is 1. The Labute approximate surface area is 186 Å². The topological polar surface area (TPSA) is 70.8 Å². The van der Waals surface area contributed by atoms with Gasteiger partial charge in [0.2, 0.25) is 5.78 Å². The highest BCUT2D eigenvalue weighted by atomic mass is 35.5. The third-order valence-electron chi connectivity index (χ3n) is 6.28. The van der Waals surface area contributed by atoms with E-state index < -0.39 is 5.60 Å².